The SMILES string of the molecule is CN(C)c1ccc(/C(=N\O)C(O)c2ccccc2)cc1. The van der Waals surface area contributed by atoms with E-state index in [0.29, 0.717) is 11.1 Å². The summed E-state index contributed by atoms with van der Waals surface area (Å²) in [5.74, 6) is 0. The van der Waals surface area contributed by atoms with Gasteiger partial charge in [0.15, 0.2) is 0 Å². The van der Waals surface area contributed by atoms with Crippen LogP contribution >= 0.6 is 0 Å². The first-order valence-corrected chi connectivity index (χ1v) is 6.36. The van der Waals surface area contributed by atoms with E-state index < -0.39 is 6.10 Å². The molecule has 20 heavy (non-hydrogen) atoms. The fraction of sp³-hybridized carbons (Fsp3) is 0.188. The third-order valence-corrected chi connectivity index (χ3v) is 3.16. The van der Waals surface area contributed by atoms with Crippen LogP contribution in [0.1, 0.15) is 17.2 Å². The first kappa shape index (κ1) is 14.1. The van der Waals surface area contributed by atoms with Crippen LogP contribution in [0.25, 0.3) is 0 Å². The van der Waals surface area contributed by atoms with Gasteiger partial charge < -0.3 is 15.2 Å². The molecule has 4 nitrogen and oxygen atoms in total. The highest BCUT2D eigenvalue weighted by atomic mass is 16.4. The summed E-state index contributed by atoms with van der Waals surface area (Å²) in [5, 5.41) is 22.8. The van der Waals surface area contributed by atoms with Crippen LogP contribution in [0.4, 0.5) is 5.69 Å². The fourth-order valence-electron chi connectivity index (χ4n) is 1.99. The molecule has 2 N–H and O–H groups in total. The van der Waals surface area contributed by atoms with Gasteiger partial charge in [0, 0.05) is 25.3 Å². The third-order valence-electron chi connectivity index (χ3n) is 3.16. The molecule has 0 bridgehead atoms. The molecule has 0 aliphatic carbocycles. The topological polar surface area (TPSA) is 56.1 Å². The van der Waals surface area contributed by atoms with Crippen LogP contribution in [0.3, 0.4) is 0 Å². The maximum absolute atomic E-state index is 10.3. The lowest BCUT2D eigenvalue weighted by Gasteiger charge is -2.15. The van der Waals surface area contributed by atoms with Gasteiger partial charge in [0.25, 0.3) is 0 Å². The van der Waals surface area contributed by atoms with E-state index in [1.165, 1.54) is 0 Å². The summed E-state index contributed by atoms with van der Waals surface area (Å²) >= 11 is 0. The van der Waals surface area contributed by atoms with Crippen molar-refractivity contribution >= 4 is 11.4 Å². The van der Waals surface area contributed by atoms with E-state index in [0.717, 1.165) is 5.69 Å². The van der Waals surface area contributed by atoms with Gasteiger partial charge in [0.05, 0.1) is 0 Å². The number of rotatable bonds is 4. The lowest BCUT2D eigenvalue weighted by molar-refractivity contribution is 0.235. The predicted molar refractivity (Wildman–Crippen MR) is 80.5 cm³/mol. The van der Waals surface area contributed by atoms with Crippen molar-refractivity contribution in [2.24, 2.45) is 5.16 Å². The van der Waals surface area contributed by atoms with Crippen molar-refractivity contribution < 1.29 is 10.3 Å². The zero-order valence-electron chi connectivity index (χ0n) is 11.6. The average molecular weight is 270 g/mol. The second kappa shape index (κ2) is 6.21. The molecule has 0 fully saturated rings. The Kier molecular flexibility index (Phi) is 4.38. The van der Waals surface area contributed by atoms with E-state index in [-0.39, 0.29) is 5.71 Å². The Morgan fingerprint density at radius 1 is 1.00 bits per heavy atom. The minimum Gasteiger partial charge on any atom is -0.411 e. The third kappa shape index (κ3) is 2.97. The molecule has 0 amide bonds. The van der Waals surface area contributed by atoms with Crippen LogP contribution in [-0.4, -0.2) is 30.1 Å². The highest BCUT2D eigenvalue weighted by molar-refractivity contribution is 6.04. The Bertz CT molecular complexity index is 577. The van der Waals surface area contributed by atoms with Crippen molar-refractivity contribution in [2.75, 3.05) is 19.0 Å². The quantitative estimate of drug-likeness (QED) is 0.510. The summed E-state index contributed by atoms with van der Waals surface area (Å²) in [7, 11) is 3.91. The summed E-state index contributed by atoms with van der Waals surface area (Å²) in [5.41, 5.74) is 2.66. The van der Waals surface area contributed by atoms with E-state index in [1.807, 2.05) is 61.5 Å². The number of oxime groups is 1. The molecule has 1 atom stereocenters. The van der Waals surface area contributed by atoms with Gasteiger partial charge in [-0.25, -0.2) is 0 Å². The van der Waals surface area contributed by atoms with Crippen LogP contribution < -0.4 is 4.90 Å². The predicted octanol–water partition coefficient (Wildman–Crippen LogP) is 2.66. The lowest BCUT2D eigenvalue weighted by atomic mass is 9.99. The van der Waals surface area contributed by atoms with E-state index in [1.54, 1.807) is 12.1 Å². The van der Waals surface area contributed by atoms with Gasteiger partial charge >= 0.3 is 0 Å². The minimum absolute atomic E-state index is 0.238. The van der Waals surface area contributed by atoms with Gasteiger partial charge in [-0.05, 0) is 17.7 Å². The number of aliphatic hydroxyl groups is 1. The number of hydrogen-bond donors (Lipinski definition) is 2. The lowest BCUT2D eigenvalue weighted by Crippen LogP contribution is -2.14. The Balaban J connectivity index is 2.29. The molecular weight excluding hydrogens is 252 g/mol. The monoisotopic (exact) mass is 270 g/mol. The van der Waals surface area contributed by atoms with Crippen LogP contribution in [0, 0.1) is 0 Å². The Morgan fingerprint density at radius 2 is 1.60 bits per heavy atom. The number of anilines is 1. The number of nitrogens with zero attached hydrogens (tertiary/aromatic N) is 2. The molecule has 0 heterocycles. The molecule has 0 aliphatic rings. The van der Waals surface area contributed by atoms with Gasteiger partial charge in [-0.3, -0.25) is 0 Å². The van der Waals surface area contributed by atoms with Gasteiger partial charge in [0.2, 0.25) is 0 Å². The van der Waals surface area contributed by atoms with Crippen molar-refractivity contribution in [3.05, 3.63) is 65.7 Å². The highest BCUT2D eigenvalue weighted by Crippen LogP contribution is 2.21. The summed E-state index contributed by atoms with van der Waals surface area (Å²) in [6.45, 7) is 0. The van der Waals surface area contributed by atoms with Crippen molar-refractivity contribution in [3.63, 3.8) is 0 Å². The summed E-state index contributed by atoms with van der Waals surface area (Å²) in [6.07, 6.45) is -0.952. The second-order valence-electron chi connectivity index (χ2n) is 4.74. The molecule has 0 spiro atoms. The first-order valence-electron chi connectivity index (χ1n) is 6.36. The molecule has 0 aromatic heterocycles. The fourth-order valence-corrected chi connectivity index (χ4v) is 1.99. The molecule has 2 aromatic rings. The van der Waals surface area contributed by atoms with Gasteiger partial charge in [-0.2, -0.15) is 0 Å². The van der Waals surface area contributed by atoms with Crippen molar-refractivity contribution in [2.45, 2.75) is 6.10 Å². The molecular formula is C16H18N2O2. The average Bonchev–Trinajstić information content (AvgIpc) is 2.49. The Labute approximate surface area is 118 Å². The molecule has 0 saturated carbocycles. The molecule has 4 heteroatoms. The van der Waals surface area contributed by atoms with Crippen molar-refractivity contribution in [1.29, 1.82) is 0 Å². The van der Waals surface area contributed by atoms with E-state index in [4.69, 9.17) is 0 Å². The van der Waals surface area contributed by atoms with Crippen LogP contribution in [0.15, 0.2) is 59.8 Å². The summed E-state index contributed by atoms with van der Waals surface area (Å²) < 4.78 is 0. The maximum Gasteiger partial charge on any atom is 0.125 e. The first-order chi connectivity index (χ1) is 9.63. The van der Waals surface area contributed by atoms with E-state index in [2.05, 4.69) is 5.16 Å². The standard InChI is InChI=1S/C16H18N2O2/c1-18(2)14-10-8-12(9-11-14)15(17-20)16(19)13-6-4-3-5-7-13/h3-11,16,19-20H,1-2H3/b17-15+. The minimum atomic E-state index is -0.952. The van der Waals surface area contributed by atoms with Gasteiger partial charge in [0.1, 0.15) is 11.8 Å². The molecule has 0 aliphatic heterocycles. The van der Waals surface area contributed by atoms with E-state index >= 15 is 0 Å². The molecule has 0 saturated heterocycles. The van der Waals surface area contributed by atoms with Crippen LogP contribution in [0.5, 0.6) is 0 Å². The smallest absolute Gasteiger partial charge is 0.125 e. The molecule has 2 rings (SSSR count). The van der Waals surface area contributed by atoms with Crippen molar-refractivity contribution in [3.8, 4) is 0 Å². The highest BCUT2D eigenvalue weighted by Gasteiger charge is 2.17. The van der Waals surface area contributed by atoms with Gasteiger partial charge in [-0.15, -0.1) is 0 Å². The zero-order chi connectivity index (χ0) is 14.5. The van der Waals surface area contributed by atoms with Crippen LogP contribution in [-0.2, 0) is 0 Å². The Hall–Kier alpha value is -2.33. The largest absolute Gasteiger partial charge is 0.411 e. The normalized spacial score (nSPS) is 13.1. The summed E-state index contributed by atoms with van der Waals surface area (Å²) in [4.78, 5) is 1.98. The molecule has 104 valence electrons. The second-order valence-corrected chi connectivity index (χ2v) is 4.74. The molecule has 2 aromatic carbocycles. The molecule has 1 unspecified atom stereocenters. The Morgan fingerprint density at radius 3 is 2.10 bits per heavy atom. The van der Waals surface area contributed by atoms with Crippen molar-refractivity contribution in [1.82, 2.24) is 0 Å². The van der Waals surface area contributed by atoms with Crippen LogP contribution in [0.2, 0.25) is 0 Å². The number of benzene rings is 2. The van der Waals surface area contributed by atoms with E-state index in [9.17, 15) is 10.3 Å². The number of hydrogen-bond acceptors (Lipinski definition) is 4. The number of aliphatic hydroxyl groups excluding tert-OH is 1. The zero-order valence-corrected chi connectivity index (χ0v) is 11.6. The van der Waals surface area contributed by atoms with Gasteiger partial charge in [-0.1, -0.05) is 47.6 Å². The summed E-state index contributed by atoms with van der Waals surface area (Å²) in [6, 6.07) is 16.6. The molecule has 0 radical (unpaired) electrons. The maximum atomic E-state index is 10.3.